The van der Waals surface area contributed by atoms with E-state index < -0.39 is 34.6 Å². The highest BCUT2D eigenvalue weighted by atomic mass is 16.2. The maximum Gasteiger partial charge on any atom is 0.249 e. The molecule has 1 aromatic carbocycles. The lowest BCUT2D eigenvalue weighted by Gasteiger charge is -2.30. The number of hydrogen-bond donors (Lipinski definition) is 4. The van der Waals surface area contributed by atoms with Crippen molar-refractivity contribution in [2.75, 3.05) is 17.2 Å². The van der Waals surface area contributed by atoms with Gasteiger partial charge in [0.15, 0.2) is 0 Å². The summed E-state index contributed by atoms with van der Waals surface area (Å²) in [6.45, 7) is 5.64. The highest BCUT2D eigenvalue weighted by molar-refractivity contribution is 6.10. The van der Waals surface area contributed by atoms with Gasteiger partial charge in [-0.05, 0) is 39.8 Å². The Morgan fingerprint density at radius 2 is 1.36 bits per heavy atom. The summed E-state index contributed by atoms with van der Waals surface area (Å²) in [5.41, 5.74) is -1.91. The Morgan fingerprint density at radius 1 is 0.800 bits per heavy atom. The SMILES string of the molecule is CC1(C)NC(=O)C(C)(C)C(=O)NCC(=O)Nc2ccccc2NC1=O. The van der Waals surface area contributed by atoms with Crippen LogP contribution >= 0.6 is 0 Å². The number of hydrogen-bond acceptors (Lipinski definition) is 4. The van der Waals surface area contributed by atoms with Crippen molar-refractivity contribution in [1.29, 1.82) is 0 Å². The van der Waals surface area contributed by atoms with Crippen LogP contribution in [0.5, 0.6) is 0 Å². The Hall–Kier alpha value is -2.90. The lowest BCUT2D eigenvalue weighted by Crippen LogP contribution is -2.58. The summed E-state index contributed by atoms with van der Waals surface area (Å²) >= 11 is 0. The number of amides is 4. The first-order chi connectivity index (χ1) is 11.5. The predicted molar refractivity (Wildman–Crippen MR) is 92.7 cm³/mol. The minimum Gasteiger partial charge on any atom is -0.346 e. The minimum atomic E-state index is -1.45. The highest BCUT2D eigenvalue weighted by Gasteiger charge is 2.41. The van der Waals surface area contributed by atoms with Gasteiger partial charge >= 0.3 is 0 Å². The molecule has 0 saturated heterocycles. The Balaban J connectivity index is 2.43. The van der Waals surface area contributed by atoms with Gasteiger partial charge in [-0.15, -0.1) is 0 Å². The van der Waals surface area contributed by atoms with E-state index in [-0.39, 0.29) is 6.54 Å². The van der Waals surface area contributed by atoms with Crippen LogP contribution < -0.4 is 21.3 Å². The van der Waals surface area contributed by atoms with Crippen LogP contribution in [0.2, 0.25) is 0 Å². The Labute approximate surface area is 145 Å². The smallest absolute Gasteiger partial charge is 0.249 e. The third-order valence-electron chi connectivity index (χ3n) is 3.99. The maximum atomic E-state index is 12.6. The van der Waals surface area contributed by atoms with Gasteiger partial charge in [-0.25, -0.2) is 0 Å². The average molecular weight is 346 g/mol. The van der Waals surface area contributed by atoms with E-state index in [0.29, 0.717) is 11.4 Å². The van der Waals surface area contributed by atoms with Crippen LogP contribution in [0, 0.1) is 5.41 Å². The zero-order valence-electron chi connectivity index (χ0n) is 14.6. The Bertz CT molecular complexity index is 740. The van der Waals surface area contributed by atoms with Crippen molar-refractivity contribution in [3.63, 3.8) is 0 Å². The number of carbonyl (C=O) groups excluding carboxylic acids is 4. The first-order valence-electron chi connectivity index (χ1n) is 7.85. The molecule has 8 nitrogen and oxygen atoms in total. The highest BCUT2D eigenvalue weighted by Crippen LogP contribution is 2.23. The quantitative estimate of drug-likeness (QED) is 0.515. The van der Waals surface area contributed by atoms with Gasteiger partial charge in [-0.3, -0.25) is 19.2 Å². The first kappa shape index (κ1) is 18.4. The second-order valence-corrected chi connectivity index (χ2v) is 6.93. The van der Waals surface area contributed by atoms with Gasteiger partial charge in [0.2, 0.25) is 23.6 Å². The van der Waals surface area contributed by atoms with Crippen LogP contribution in [0.1, 0.15) is 27.7 Å². The molecule has 1 heterocycles. The summed E-state index contributed by atoms with van der Waals surface area (Å²) in [5.74, 6) is -2.16. The molecule has 0 radical (unpaired) electrons. The van der Waals surface area contributed by atoms with Gasteiger partial charge in [0, 0.05) is 0 Å². The third-order valence-corrected chi connectivity index (χ3v) is 3.99. The van der Waals surface area contributed by atoms with Gasteiger partial charge in [0.05, 0.1) is 17.9 Å². The number of anilines is 2. The summed E-state index contributed by atoms with van der Waals surface area (Å²) in [6, 6.07) is 6.68. The zero-order valence-corrected chi connectivity index (χ0v) is 14.6. The van der Waals surface area contributed by atoms with E-state index in [0.717, 1.165) is 0 Å². The fraction of sp³-hybridized carbons (Fsp3) is 0.412. The Kier molecular flexibility index (Phi) is 4.82. The lowest BCUT2D eigenvalue weighted by atomic mass is 9.89. The van der Waals surface area contributed by atoms with Crippen molar-refractivity contribution in [3.8, 4) is 0 Å². The van der Waals surface area contributed by atoms with Crippen molar-refractivity contribution in [2.24, 2.45) is 5.41 Å². The van der Waals surface area contributed by atoms with Crippen LogP contribution in [-0.2, 0) is 19.2 Å². The lowest BCUT2D eigenvalue weighted by molar-refractivity contribution is -0.144. The summed E-state index contributed by atoms with van der Waals surface area (Å²) in [5, 5.41) is 10.4. The molecule has 134 valence electrons. The molecule has 0 aromatic heterocycles. The molecule has 4 amide bonds. The van der Waals surface area contributed by atoms with E-state index in [1.807, 2.05) is 0 Å². The molecule has 0 atom stereocenters. The first-order valence-corrected chi connectivity index (χ1v) is 7.85. The molecule has 2 rings (SSSR count). The molecule has 0 spiro atoms. The van der Waals surface area contributed by atoms with E-state index in [1.165, 1.54) is 27.7 Å². The van der Waals surface area contributed by atoms with Gasteiger partial charge in [-0.1, -0.05) is 12.1 Å². The fourth-order valence-electron chi connectivity index (χ4n) is 2.16. The number of carbonyl (C=O) groups is 4. The van der Waals surface area contributed by atoms with E-state index in [9.17, 15) is 19.2 Å². The number of rotatable bonds is 0. The normalized spacial score (nSPS) is 20.5. The largest absolute Gasteiger partial charge is 0.346 e. The summed E-state index contributed by atoms with van der Waals surface area (Å²) in [7, 11) is 0. The molecule has 1 aromatic rings. The predicted octanol–water partition coefficient (Wildman–Crippen LogP) is 0.614. The van der Waals surface area contributed by atoms with Crippen molar-refractivity contribution in [3.05, 3.63) is 24.3 Å². The van der Waals surface area contributed by atoms with E-state index in [4.69, 9.17) is 0 Å². The molecule has 0 aliphatic carbocycles. The van der Waals surface area contributed by atoms with Crippen LogP contribution in [0.15, 0.2) is 24.3 Å². The number of fused-ring (bicyclic) bond motifs is 1. The van der Waals surface area contributed by atoms with Gasteiger partial charge < -0.3 is 21.3 Å². The molecule has 1 aliphatic rings. The molecule has 4 N–H and O–H groups in total. The van der Waals surface area contributed by atoms with Crippen molar-refractivity contribution < 1.29 is 19.2 Å². The van der Waals surface area contributed by atoms with Crippen molar-refractivity contribution >= 4 is 35.0 Å². The van der Waals surface area contributed by atoms with Gasteiger partial charge in [0.25, 0.3) is 0 Å². The average Bonchev–Trinajstić information content (AvgIpc) is 2.53. The minimum absolute atomic E-state index is 0.290. The van der Waals surface area contributed by atoms with Gasteiger partial charge in [-0.2, -0.15) is 0 Å². The zero-order chi connectivity index (χ0) is 18.8. The van der Waals surface area contributed by atoms with Crippen LogP contribution in [-0.4, -0.2) is 35.7 Å². The molecule has 25 heavy (non-hydrogen) atoms. The number of para-hydroxylation sites is 2. The Morgan fingerprint density at radius 3 is 1.96 bits per heavy atom. The van der Waals surface area contributed by atoms with E-state index in [1.54, 1.807) is 24.3 Å². The van der Waals surface area contributed by atoms with Crippen LogP contribution in [0.25, 0.3) is 0 Å². The molecule has 0 bridgehead atoms. The standard InChI is InChI=1S/C17H22N4O4/c1-16(2)13(23)18-9-12(22)19-10-7-5-6-8-11(10)20-15(25)17(3,4)21-14(16)24/h5-8H,9H2,1-4H3,(H,18,23)(H,19,22)(H,20,25)(H,21,24). The number of nitrogens with one attached hydrogen (secondary N) is 4. The summed E-state index contributed by atoms with van der Waals surface area (Å²) < 4.78 is 0. The van der Waals surface area contributed by atoms with Gasteiger partial charge in [0.1, 0.15) is 11.0 Å². The summed E-state index contributed by atoms with van der Waals surface area (Å²) in [6.07, 6.45) is 0. The fourth-order valence-corrected chi connectivity index (χ4v) is 2.16. The molecular formula is C17H22N4O4. The third kappa shape index (κ3) is 3.96. The monoisotopic (exact) mass is 346 g/mol. The van der Waals surface area contributed by atoms with E-state index >= 15 is 0 Å². The van der Waals surface area contributed by atoms with Crippen LogP contribution in [0.3, 0.4) is 0 Å². The molecule has 8 heteroatoms. The maximum absolute atomic E-state index is 12.6. The van der Waals surface area contributed by atoms with E-state index in [2.05, 4.69) is 21.3 Å². The van der Waals surface area contributed by atoms with Crippen molar-refractivity contribution in [1.82, 2.24) is 10.6 Å². The second kappa shape index (κ2) is 6.54. The number of benzene rings is 1. The summed E-state index contributed by atoms with van der Waals surface area (Å²) in [4.78, 5) is 49.4. The topological polar surface area (TPSA) is 116 Å². The molecule has 0 fully saturated rings. The second-order valence-electron chi connectivity index (χ2n) is 6.93. The molecule has 1 aliphatic heterocycles. The van der Waals surface area contributed by atoms with Crippen LogP contribution in [0.4, 0.5) is 11.4 Å². The molecular weight excluding hydrogens is 324 g/mol. The molecule has 0 unspecified atom stereocenters. The van der Waals surface area contributed by atoms with Crippen molar-refractivity contribution in [2.45, 2.75) is 33.2 Å². The molecule has 0 saturated carbocycles.